The van der Waals surface area contributed by atoms with Crippen molar-refractivity contribution in [1.82, 2.24) is 9.13 Å². The summed E-state index contributed by atoms with van der Waals surface area (Å²) in [5.74, 6) is 0. The molecule has 10 rings (SSSR count). The lowest BCUT2D eigenvalue weighted by Gasteiger charge is -2.23. The van der Waals surface area contributed by atoms with E-state index < -0.39 is 81.2 Å². The van der Waals surface area contributed by atoms with Crippen LogP contribution in [0.15, 0.2) is 158 Å². The largest absolute Gasteiger partial charge is 0.420 e. The molecule has 18 heteroatoms. The number of hydrogen-bond donors (Lipinski definition) is 0. The quantitative estimate of drug-likeness (QED) is 0.158. The van der Waals surface area contributed by atoms with Gasteiger partial charge >= 0.3 is 30.9 Å². The van der Waals surface area contributed by atoms with E-state index >= 15 is 13.2 Å². The van der Waals surface area contributed by atoms with Crippen LogP contribution in [0.5, 0.6) is 0 Å². The Morgan fingerprint density at radius 1 is 0.306 bits per heavy atom. The molecule has 0 atom stereocenters. The molecule has 0 aliphatic heterocycles. The number of aromatic nitrogens is 2. The molecular weight excluding hydrogens is 976 g/mol. The van der Waals surface area contributed by atoms with Crippen molar-refractivity contribution in [2.45, 2.75) is 30.9 Å². The lowest BCUT2D eigenvalue weighted by molar-refractivity contribution is -0.144. The Morgan fingerprint density at radius 2 is 0.667 bits per heavy atom. The fourth-order valence-corrected chi connectivity index (χ4v) is 9.25. The maximum absolute atomic E-state index is 16.6. The number of benzene rings is 8. The molecule has 2 aromatic heterocycles. The van der Waals surface area contributed by atoms with Gasteiger partial charge in [0.25, 0.3) is 0 Å². The predicted octanol–water partition coefficient (Wildman–Crippen LogP) is 17.8. The molecule has 0 amide bonds. The third-order valence-electron chi connectivity index (χ3n) is 12.4. The number of hydrogen-bond acceptors (Lipinski definition) is 1. The second-order valence-corrected chi connectivity index (χ2v) is 16.8. The van der Waals surface area contributed by atoms with Crippen molar-refractivity contribution < 1.29 is 65.9 Å². The van der Waals surface area contributed by atoms with Crippen molar-refractivity contribution in [2.24, 2.45) is 0 Å². The SMILES string of the molecule is N#Cc1cccc(-c2cc(-n3c4ccccc4c4ccc(-c5cc(C(F)(F)F)cc(C(F)(F)F)c5)cc43)c(C(F)(F)F)c(-n3c4ccccc4c4ccc(-c5cc(C(F)(F)F)cc(C(F)(F)F)c5)cc43)c2)c1. The van der Waals surface area contributed by atoms with Gasteiger partial charge < -0.3 is 9.13 Å². The Bertz CT molecular complexity index is 3600. The van der Waals surface area contributed by atoms with Crippen LogP contribution in [0.2, 0.25) is 0 Å². The number of nitrogens with zero attached hydrogens (tertiary/aromatic N) is 3. The van der Waals surface area contributed by atoms with Crippen LogP contribution in [0, 0.1) is 11.3 Å². The molecule has 0 aliphatic rings. The van der Waals surface area contributed by atoms with Gasteiger partial charge in [0.05, 0.1) is 67.3 Å². The number of fused-ring (bicyclic) bond motifs is 6. The first kappa shape index (κ1) is 47.5. The van der Waals surface area contributed by atoms with Gasteiger partial charge in [-0.2, -0.15) is 71.1 Å². The highest BCUT2D eigenvalue weighted by Gasteiger charge is 2.41. The van der Waals surface area contributed by atoms with E-state index in [1.54, 1.807) is 24.3 Å². The van der Waals surface area contributed by atoms with Gasteiger partial charge in [0, 0.05) is 21.5 Å². The summed E-state index contributed by atoms with van der Waals surface area (Å²) in [6, 6.07) is 31.7. The smallest absolute Gasteiger partial charge is 0.309 e. The first-order chi connectivity index (χ1) is 33.8. The summed E-state index contributed by atoms with van der Waals surface area (Å²) < 4.78 is 221. The summed E-state index contributed by atoms with van der Waals surface area (Å²) in [6.45, 7) is 0. The number of rotatable bonds is 5. The fourth-order valence-electron chi connectivity index (χ4n) is 9.25. The van der Waals surface area contributed by atoms with E-state index in [1.807, 2.05) is 6.07 Å². The summed E-state index contributed by atoms with van der Waals surface area (Å²) in [5.41, 5.74) is -10.3. The second-order valence-electron chi connectivity index (χ2n) is 16.8. The highest BCUT2D eigenvalue weighted by atomic mass is 19.4. The van der Waals surface area contributed by atoms with E-state index in [9.17, 15) is 57.9 Å². The van der Waals surface area contributed by atoms with Crippen molar-refractivity contribution in [3.8, 4) is 50.8 Å². The molecule has 0 aliphatic carbocycles. The first-order valence-corrected chi connectivity index (χ1v) is 21.2. The molecule has 362 valence electrons. The maximum atomic E-state index is 16.6. The lowest BCUT2D eigenvalue weighted by Crippen LogP contribution is -2.16. The Hall–Kier alpha value is -8.20. The van der Waals surface area contributed by atoms with Crippen molar-refractivity contribution in [1.29, 1.82) is 5.26 Å². The molecular formula is C54H26F15N3. The zero-order valence-electron chi connectivity index (χ0n) is 36.0. The van der Waals surface area contributed by atoms with Crippen molar-refractivity contribution in [3.63, 3.8) is 0 Å². The molecule has 2 heterocycles. The Balaban J connectivity index is 1.34. The minimum Gasteiger partial charge on any atom is -0.309 e. The van der Waals surface area contributed by atoms with Gasteiger partial charge in [-0.15, -0.1) is 0 Å². The third kappa shape index (κ3) is 8.31. The van der Waals surface area contributed by atoms with Gasteiger partial charge in [-0.05, 0) is 118 Å². The fraction of sp³-hybridized carbons (Fsp3) is 0.0926. The Kier molecular flexibility index (Phi) is 10.8. The lowest BCUT2D eigenvalue weighted by atomic mass is 9.97. The third-order valence-corrected chi connectivity index (χ3v) is 12.4. The molecule has 0 bridgehead atoms. The number of alkyl halides is 15. The van der Waals surface area contributed by atoms with Gasteiger partial charge in [-0.1, -0.05) is 72.8 Å². The molecule has 0 N–H and O–H groups in total. The van der Waals surface area contributed by atoms with Gasteiger partial charge in [0.15, 0.2) is 0 Å². The molecule has 0 unspecified atom stereocenters. The van der Waals surface area contributed by atoms with Crippen LogP contribution in [-0.4, -0.2) is 9.13 Å². The van der Waals surface area contributed by atoms with Crippen LogP contribution in [0.1, 0.15) is 33.4 Å². The van der Waals surface area contributed by atoms with Crippen LogP contribution < -0.4 is 0 Å². The maximum Gasteiger partial charge on any atom is 0.420 e. The van der Waals surface area contributed by atoms with Crippen molar-refractivity contribution in [2.75, 3.05) is 0 Å². The molecule has 3 nitrogen and oxygen atoms in total. The topological polar surface area (TPSA) is 33.6 Å². The standard InChI is InChI=1S/C54H26F15N3/c55-50(56,57)35-17-32(18-36(25-35)51(58,59)60)30-12-14-41-39-8-1-3-10-43(39)71(45(41)21-30)47-23-34(29-7-5-6-28(16-29)27-70)24-48(49(47)54(67,68)69)72-44-11-4-2-9-40(44)42-15-13-31(22-46(42)72)33-19-37(52(61,62)63)26-38(20-33)53(64,65)66/h1-26H. The van der Waals surface area contributed by atoms with Crippen LogP contribution in [0.3, 0.4) is 0 Å². The predicted molar refractivity (Wildman–Crippen MR) is 241 cm³/mol. The van der Waals surface area contributed by atoms with Crippen LogP contribution in [0.4, 0.5) is 65.9 Å². The number of halogens is 15. The summed E-state index contributed by atoms with van der Waals surface area (Å²) in [4.78, 5) is 0. The molecule has 10 aromatic rings. The summed E-state index contributed by atoms with van der Waals surface area (Å²) >= 11 is 0. The second kappa shape index (κ2) is 16.4. The molecule has 0 radical (unpaired) electrons. The summed E-state index contributed by atoms with van der Waals surface area (Å²) in [5, 5.41) is 11.0. The van der Waals surface area contributed by atoms with E-state index in [0.29, 0.717) is 35.0 Å². The zero-order chi connectivity index (χ0) is 51.4. The van der Waals surface area contributed by atoms with Gasteiger partial charge in [0.2, 0.25) is 0 Å². The number of nitriles is 1. The average molecular weight is 1000 g/mol. The minimum absolute atomic E-state index is 0.0506. The first-order valence-electron chi connectivity index (χ1n) is 21.2. The monoisotopic (exact) mass is 1000 g/mol. The minimum atomic E-state index is -5.34. The average Bonchev–Trinajstić information content (AvgIpc) is 3.84. The van der Waals surface area contributed by atoms with Gasteiger partial charge in [-0.25, -0.2) is 0 Å². The number of para-hydroxylation sites is 2. The molecule has 0 saturated heterocycles. The van der Waals surface area contributed by atoms with Gasteiger partial charge in [0.1, 0.15) is 5.56 Å². The molecule has 72 heavy (non-hydrogen) atoms. The zero-order valence-corrected chi connectivity index (χ0v) is 36.0. The molecule has 0 fully saturated rings. The van der Waals surface area contributed by atoms with E-state index in [0.717, 1.165) is 21.3 Å². The Morgan fingerprint density at radius 3 is 1.04 bits per heavy atom. The van der Waals surface area contributed by atoms with Gasteiger partial charge in [-0.3, -0.25) is 0 Å². The molecule has 0 spiro atoms. The van der Waals surface area contributed by atoms with E-state index in [2.05, 4.69) is 0 Å². The van der Waals surface area contributed by atoms with E-state index in [-0.39, 0.29) is 72.8 Å². The summed E-state index contributed by atoms with van der Waals surface area (Å²) in [7, 11) is 0. The summed E-state index contributed by atoms with van der Waals surface area (Å²) in [6.07, 6.45) is -26.3. The highest BCUT2D eigenvalue weighted by molar-refractivity contribution is 6.12. The molecule has 0 saturated carbocycles. The van der Waals surface area contributed by atoms with Crippen molar-refractivity contribution in [3.05, 3.63) is 191 Å². The highest BCUT2D eigenvalue weighted by Crippen LogP contribution is 2.48. The van der Waals surface area contributed by atoms with Crippen LogP contribution in [-0.2, 0) is 30.9 Å². The van der Waals surface area contributed by atoms with Crippen LogP contribution >= 0.6 is 0 Å². The van der Waals surface area contributed by atoms with E-state index in [1.165, 1.54) is 84.9 Å². The molecule has 8 aromatic carbocycles. The Labute approximate surface area is 395 Å². The van der Waals surface area contributed by atoms with Crippen molar-refractivity contribution >= 4 is 43.6 Å². The van der Waals surface area contributed by atoms with E-state index in [4.69, 9.17) is 0 Å². The van der Waals surface area contributed by atoms with Crippen LogP contribution in [0.25, 0.3) is 88.4 Å². The normalized spacial score (nSPS) is 12.9.